The third kappa shape index (κ3) is 4.86. The standard InChI is InChI=1S/C21H28N2O4.ClH/c1-5-15-12-18(24)27-17-11-13(2)10-16(19(15)17)26-14(3)20(25)23-21(4)6-8-22-9-7-21;/h10-12,14,22H,5-9H2,1-4H3,(H,23,25);1H. The van der Waals surface area contributed by atoms with Crippen LogP contribution in [0.1, 0.15) is 44.7 Å². The molecule has 2 N–H and O–H groups in total. The van der Waals surface area contributed by atoms with Gasteiger partial charge in [0.2, 0.25) is 0 Å². The van der Waals surface area contributed by atoms with Crippen LogP contribution in [-0.4, -0.2) is 30.6 Å². The quantitative estimate of drug-likeness (QED) is 0.743. The summed E-state index contributed by atoms with van der Waals surface area (Å²) in [6, 6.07) is 5.20. The second-order valence-electron chi connectivity index (χ2n) is 7.64. The van der Waals surface area contributed by atoms with Crippen molar-refractivity contribution < 1.29 is 13.9 Å². The van der Waals surface area contributed by atoms with Crippen molar-refractivity contribution in [2.24, 2.45) is 0 Å². The van der Waals surface area contributed by atoms with Gasteiger partial charge >= 0.3 is 5.63 Å². The van der Waals surface area contributed by atoms with Gasteiger partial charge in [-0.15, -0.1) is 12.4 Å². The Morgan fingerprint density at radius 1 is 1.32 bits per heavy atom. The second-order valence-corrected chi connectivity index (χ2v) is 7.64. The summed E-state index contributed by atoms with van der Waals surface area (Å²) >= 11 is 0. The van der Waals surface area contributed by atoms with Gasteiger partial charge in [-0.1, -0.05) is 6.92 Å². The molecule has 3 rings (SSSR count). The summed E-state index contributed by atoms with van der Waals surface area (Å²) in [6.45, 7) is 9.50. The van der Waals surface area contributed by atoms with E-state index < -0.39 is 6.10 Å². The van der Waals surface area contributed by atoms with Crippen LogP contribution in [0.4, 0.5) is 0 Å². The number of rotatable bonds is 5. The first-order valence-electron chi connectivity index (χ1n) is 9.58. The molecule has 1 aliphatic rings. The fourth-order valence-electron chi connectivity index (χ4n) is 3.59. The Hall–Kier alpha value is -2.05. The van der Waals surface area contributed by atoms with Crippen molar-refractivity contribution in [2.75, 3.05) is 13.1 Å². The third-order valence-corrected chi connectivity index (χ3v) is 5.22. The lowest BCUT2D eigenvalue weighted by Gasteiger charge is -2.35. The lowest BCUT2D eigenvalue weighted by Crippen LogP contribution is -2.55. The molecule has 0 aliphatic carbocycles. The van der Waals surface area contributed by atoms with Crippen molar-refractivity contribution in [1.82, 2.24) is 10.6 Å². The van der Waals surface area contributed by atoms with Gasteiger partial charge in [0.1, 0.15) is 11.3 Å². The summed E-state index contributed by atoms with van der Waals surface area (Å²) < 4.78 is 11.4. The normalized spacial score (nSPS) is 16.9. The zero-order chi connectivity index (χ0) is 19.6. The minimum absolute atomic E-state index is 0. The number of nitrogens with one attached hydrogen (secondary N) is 2. The highest BCUT2D eigenvalue weighted by molar-refractivity contribution is 5.88. The molecule has 6 nitrogen and oxygen atoms in total. The van der Waals surface area contributed by atoms with Crippen LogP contribution in [0.3, 0.4) is 0 Å². The molecule has 1 unspecified atom stereocenters. The Balaban J connectivity index is 0.00000280. The fraction of sp³-hybridized carbons (Fsp3) is 0.524. The monoisotopic (exact) mass is 408 g/mol. The zero-order valence-corrected chi connectivity index (χ0v) is 17.7. The molecule has 28 heavy (non-hydrogen) atoms. The van der Waals surface area contributed by atoms with E-state index in [2.05, 4.69) is 17.6 Å². The van der Waals surface area contributed by atoms with Crippen LogP contribution >= 0.6 is 12.4 Å². The number of aryl methyl sites for hydroxylation is 2. The van der Waals surface area contributed by atoms with Gasteiger partial charge < -0.3 is 19.8 Å². The maximum atomic E-state index is 12.7. The summed E-state index contributed by atoms with van der Waals surface area (Å²) in [6.07, 6.45) is 1.81. The molecule has 1 aliphatic heterocycles. The average molecular weight is 409 g/mol. The maximum Gasteiger partial charge on any atom is 0.336 e. The lowest BCUT2D eigenvalue weighted by molar-refractivity contribution is -0.129. The van der Waals surface area contributed by atoms with Gasteiger partial charge in [0.15, 0.2) is 6.10 Å². The van der Waals surface area contributed by atoms with Gasteiger partial charge in [-0.25, -0.2) is 4.79 Å². The minimum Gasteiger partial charge on any atom is -0.480 e. The summed E-state index contributed by atoms with van der Waals surface area (Å²) in [5.74, 6) is 0.438. The van der Waals surface area contributed by atoms with Crippen LogP contribution in [0, 0.1) is 6.92 Å². The highest BCUT2D eigenvalue weighted by Crippen LogP contribution is 2.31. The first-order valence-corrected chi connectivity index (χ1v) is 9.58. The van der Waals surface area contributed by atoms with Gasteiger partial charge in [-0.2, -0.15) is 0 Å². The maximum absolute atomic E-state index is 12.7. The molecule has 0 bridgehead atoms. The molecule has 2 aromatic rings. The second kappa shape index (κ2) is 8.97. The molecule has 0 saturated carbocycles. The SMILES string of the molecule is CCc1cc(=O)oc2cc(C)cc(OC(C)C(=O)NC3(C)CCNCC3)c12.Cl. The van der Waals surface area contributed by atoms with Gasteiger partial charge in [0, 0.05) is 11.6 Å². The molecule has 1 amide bonds. The van der Waals surface area contributed by atoms with E-state index in [-0.39, 0.29) is 29.5 Å². The van der Waals surface area contributed by atoms with E-state index in [1.54, 1.807) is 6.92 Å². The minimum atomic E-state index is -0.654. The molecule has 154 valence electrons. The molecule has 0 spiro atoms. The molecule has 1 atom stereocenters. The molecular formula is C21H29ClN2O4. The highest BCUT2D eigenvalue weighted by Gasteiger charge is 2.30. The highest BCUT2D eigenvalue weighted by atomic mass is 35.5. The summed E-state index contributed by atoms with van der Waals surface area (Å²) in [5.41, 5.74) is 1.67. The van der Waals surface area contributed by atoms with Crippen molar-refractivity contribution in [1.29, 1.82) is 0 Å². The van der Waals surface area contributed by atoms with Crippen LogP contribution in [0.25, 0.3) is 11.0 Å². The molecular weight excluding hydrogens is 380 g/mol. The Labute approximate surface area is 171 Å². The summed E-state index contributed by atoms with van der Waals surface area (Å²) in [5, 5.41) is 7.21. The third-order valence-electron chi connectivity index (χ3n) is 5.22. The van der Waals surface area contributed by atoms with Crippen molar-refractivity contribution in [3.63, 3.8) is 0 Å². The van der Waals surface area contributed by atoms with E-state index in [0.717, 1.165) is 42.4 Å². The molecule has 1 fully saturated rings. The smallest absolute Gasteiger partial charge is 0.336 e. The van der Waals surface area contributed by atoms with Crippen molar-refractivity contribution in [2.45, 2.75) is 58.6 Å². The predicted molar refractivity (Wildman–Crippen MR) is 113 cm³/mol. The van der Waals surface area contributed by atoms with Gasteiger partial charge in [-0.05, 0) is 76.4 Å². The number of hydrogen-bond donors (Lipinski definition) is 2. The molecule has 1 aromatic heterocycles. The van der Waals surface area contributed by atoms with E-state index in [4.69, 9.17) is 9.15 Å². The molecule has 1 saturated heterocycles. The fourth-order valence-corrected chi connectivity index (χ4v) is 3.59. The molecule has 2 heterocycles. The number of fused-ring (bicyclic) bond motifs is 1. The van der Waals surface area contributed by atoms with E-state index in [1.165, 1.54) is 6.07 Å². The number of carbonyl (C=O) groups excluding carboxylic acids is 1. The largest absolute Gasteiger partial charge is 0.480 e. The average Bonchev–Trinajstić information content (AvgIpc) is 2.60. The number of halogens is 1. The van der Waals surface area contributed by atoms with E-state index in [9.17, 15) is 9.59 Å². The van der Waals surface area contributed by atoms with Crippen LogP contribution in [0.5, 0.6) is 5.75 Å². The number of carbonyl (C=O) groups is 1. The Morgan fingerprint density at radius 3 is 2.64 bits per heavy atom. The number of piperidine rings is 1. The summed E-state index contributed by atoms with van der Waals surface area (Å²) in [7, 11) is 0. The number of amides is 1. The first kappa shape index (κ1) is 22.2. The van der Waals surface area contributed by atoms with Gasteiger partial charge in [-0.3, -0.25) is 4.79 Å². The molecule has 1 aromatic carbocycles. The van der Waals surface area contributed by atoms with Crippen molar-refractivity contribution in [3.05, 3.63) is 39.7 Å². The van der Waals surface area contributed by atoms with Crippen LogP contribution in [0.15, 0.2) is 27.4 Å². The van der Waals surface area contributed by atoms with Crippen LogP contribution in [-0.2, 0) is 11.2 Å². The zero-order valence-electron chi connectivity index (χ0n) is 16.9. The van der Waals surface area contributed by atoms with E-state index in [0.29, 0.717) is 17.8 Å². The summed E-state index contributed by atoms with van der Waals surface area (Å²) in [4.78, 5) is 24.5. The van der Waals surface area contributed by atoms with E-state index >= 15 is 0 Å². The van der Waals surface area contributed by atoms with Gasteiger partial charge in [0.25, 0.3) is 5.91 Å². The molecule has 0 radical (unpaired) electrons. The lowest BCUT2D eigenvalue weighted by atomic mass is 9.90. The Kier molecular flexibility index (Phi) is 7.12. The topological polar surface area (TPSA) is 80.6 Å². The molecule has 7 heteroatoms. The number of benzene rings is 1. The van der Waals surface area contributed by atoms with Gasteiger partial charge in [0.05, 0.1) is 5.39 Å². The predicted octanol–water partition coefficient (Wildman–Crippen LogP) is 3.11. The van der Waals surface area contributed by atoms with Crippen LogP contribution in [0.2, 0.25) is 0 Å². The van der Waals surface area contributed by atoms with Crippen molar-refractivity contribution in [3.8, 4) is 5.75 Å². The van der Waals surface area contributed by atoms with E-state index in [1.807, 2.05) is 26.0 Å². The first-order chi connectivity index (χ1) is 12.8. The Bertz CT molecular complexity index is 903. The van der Waals surface area contributed by atoms with Crippen molar-refractivity contribution >= 4 is 29.3 Å². The number of ether oxygens (including phenoxy) is 1. The van der Waals surface area contributed by atoms with Crippen LogP contribution < -0.4 is 21.0 Å². The Morgan fingerprint density at radius 2 is 2.00 bits per heavy atom. The number of hydrogen-bond acceptors (Lipinski definition) is 5.